The van der Waals surface area contributed by atoms with Crippen molar-refractivity contribution in [2.24, 2.45) is 5.92 Å². The van der Waals surface area contributed by atoms with Crippen molar-refractivity contribution in [3.05, 3.63) is 54.1 Å². The Hall–Kier alpha value is -2.80. The van der Waals surface area contributed by atoms with Gasteiger partial charge in [-0.25, -0.2) is 4.98 Å². The second-order valence-electron chi connectivity index (χ2n) is 8.64. The van der Waals surface area contributed by atoms with E-state index in [1.54, 1.807) is 6.20 Å². The van der Waals surface area contributed by atoms with E-state index in [2.05, 4.69) is 31.6 Å². The molecule has 2 N–H and O–H groups in total. The molecule has 0 bridgehead atoms. The zero-order chi connectivity index (χ0) is 21.5. The fourth-order valence-corrected chi connectivity index (χ4v) is 4.54. The van der Waals surface area contributed by atoms with Crippen molar-refractivity contribution in [2.45, 2.75) is 57.5 Å². The number of hydrogen-bond donors (Lipinski definition) is 2. The summed E-state index contributed by atoms with van der Waals surface area (Å²) in [5.74, 6) is 0.117. The monoisotopic (exact) mass is 421 g/mol. The molecule has 7 nitrogen and oxygen atoms in total. The van der Waals surface area contributed by atoms with Crippen molar-refractivity contribution in [1.29, 1.82) is 0 Å². The number of nitrogens with zero attached hydrogens (tertiary/aromatic N) is 3. The lowest BCUT2D eigenvalue weighted by Gasteiger charge is -2.32. The molecule has 1 aliphatic heterocycles. The first-order valence-corrected chi connectivity index (χ1v) is 11.4. The average molecular weight is 422 g/mol. The van der Waals surface area contributed by atoms with Gasteiger partial charge < -0.3 is 10.6 Å². The highest BCUT2D eigenvalue weighted by Gasteiger charge is 2.27. The van der Waals surface area contributed by atoms with E-state index in [0.29, 0.717) is 11.7 Å². The number of rotatable bonds is 6. The number of piperidine rings is 1. The Morgan fingerprint density at radius 3 is 2.58 bits per heavy atom. The van der Waals surface area contributed by atoms with Crippen LogP contribution in [0.15, 0.2) is 42.9 Å². The Morgan fingerprint density at radius 2 is 1.84 bits per heavy atom. The van der Waals surface area contributed by atoms with E-state index in [4.69, 9.17) is 0 Å². The molecular weight excluding hydrogens is 390 g/mol. The first kappa shape index (κ1) is 21.4. The summed E-state index contributed by atoms with van der Waals surface area (Å²) in [4.78, 5) is 35.3. The number of likely N-dealkylation sites (tertiary alicyclic amines) is 1. The molecule has 2 amide bonds. The SMILES string of the molecule is O=C(Nc1cccc(CN2CCC(C(=O)NC3CCCCC3)CC2)c1)c1cnccn1. The zero-order valence-corrected chi connectivity index (χ0v) is 17.9. The molecule has 0 unspecified atom stereocenters. The van der Waals surface area contributed by atoms with Crippen LogP contribution in [0.1, 0.15) is 61.0 Å². The molecule has 2 aromatic rings. The second-order valence-corrected chi connectivity index (χ2v) is 8.64. The number of carbonyl (C=O) groups excluding carboxylic acids is 2. The minimum Gasteiger partial charge on any atom is -0.353 e. The minimum atomic E-state index is -0.268. The number of carbonyl (C=O) groups is 2. The Bertz CT molecular complexity index is 875. The highest BCUT2D eigenvalue weighted by Crippen LogP contribution is 2.23. The molecule has 1 aromatic carbocycles. The molecule has 1 saturated carbocycles. The summed E-state index contributed by atoms with van der Waals surface area (Å²) in [6, 6.07) is 8.28. The molecule has 1 aromatic heterocycles. The summed E-state index contributed by atoms with van der Waals surface area (Å²) in [6.45, 7) is 2.64. The maximum Gasteiger partial charge on any atom is 0.275 e. The average Bonchev–Trinajstić information content (AvgIpc) is 2.81. The van der Waals surface area contributed by atoms with E-state index in [1.165, 1.54) is 31.7 Å². The predicted octanol–water partition coefficient (Wildman–Crippen LogP) is 3.39. The number of benzene rings is 1. The van der Waals surface area contributed by atoms with E-state index < -0.39 is 0 Å². The minimum absolute atomic E-state index is 0.135. The molecular formula is C24H31N5O2. The van der Waals surface area contributed by atoms with Gasteiger partial charge in [-0.1, -0.05) is 31.4 Å². The van der Waals surface area contributed by atoms with Gasteiger partial charge in [0.25, 0.3) is 5.91 Å². The van der Waals surface area contributed by atoms with Gasteiger partial charge in [0.05, 0.1) is 6.20 Å². The Kier molecular flexibility index (Phi) is 7.25. The maximum absolute atomic E-state index is 12.6. The number of nitrogens with one attached hydrogen (secondary N) is 2. The Balaban J connectivity index is 1.25. The van der Waals surface area contributed by atoms with Gasteiger partial charge in [0.15, 0.2) is 0 Å². The quantitative estimate of drug-likeness (QED) is 0.747. The molecule has 0 radical (unpaired) electrons. The molecule has 4 rings (SSSR count). The Labute approximate surface area is 183 Å². The second kappa shape index (κ2) is 10.5. The predicted molar refractivity (Wildman–Crippen MR) is 119 cm³/mol. The third-order valence-corrected chi connectivity index (χ3v) is 6.30. The number of anilines is 1. The van der Waals surface area contributed by atoms with E-state index in [9.17, 15) is 9.59 Å². The highest BCUT2D eigenvalue weighted by molar-refractivity contribution is 6.02. The van der Waals surface area contributed by atoms with Crippen LogP contribution in [0.3, 0.4) is 0 Å². The Morgan fingerprint density at radius 1 is 1.03 bits per heavy atom. The molecule has 31 heavy (non-hydrogen) atoms. The summed E-state index contributed by atoms with van der Waals surface area (Å²) in [5.41, 5.74) is 2.18. The molecule has 2 aliphatic rings. The lowest BCUT2D eigenvalue weighted by molar-refractivity contribution is -0.127. The van der Waals surface area contributed by atoms with Gasteiger partial charge in [0.2, 0.25) is 5.91 Å². The van der Waals surface area contributed by atoms with E-state index in [0.717, 1.165) is 56.6 Å². The van der Waals surface area contributed by atoms with Crippen molar-refractivity contribution < 1.29 is 9.59 Å². The van der Waals surface area contributed by atoms with Crippen LogP contribution in [0.4, 0.5) is 5.69 Å². The molecule has 2 fully saturated rings. The fourth-order valence-electron chi connectivity index (χ4n) is 4.54. The van der Waals surface area contributed by atoms with Crippen molar-refractivity contribution in [3.63, 3.8) is 0 Å². The van der Waals surface area contributed by atoms with Crippen LogP contribution in [0.5, 0.6) is 0 Å². The lowest BCUT2D eigenvalue weighted by atomic mass is 9.92. The molecule has 0 spiro atoms. The topological polar surface area (TPSA) is 87.2 Å². The molecule has 0 atom stereocenters. The summed E-state index contributed by atoms with van der Waals surface area (Å²) < 4.78 is 0. The van der Waals surface area contributed by atoms with E-state index >= 15 is 0 Å². The third-order valence-electron chi connectivity index (χ3n) is 6.30. The zero-order valence-electron chi connectivity index (χ0n) is 17.9. The maximum atomic E-state index is 12.6. The van der Waals surface area contributed by atoms with Gasteiger partial charge in [-0.15, -0.1) is 0 Å². The molecule has 2 heterocycles. The summed E-state index contributed by atoms with van der Waals surface area (Å²) in [6.07, 6.45) is 12.4. The third kappa shape index (κ3) is 6.10. The van der Waals surface area contributed by atoms with E-state index in [1.807, 2.05) is 18.2 Å². The van der Waals surface area contributed by atoms with Gasteiger partial charge >= 0.3 is 0 Å². The molecule has 1 saturated heterocycles. The summed E-state index contributed by atoms with van der Waals surface area (Å²) in [7, 11) is 0. The van der Waals surface area contributed by atoms with Crippen LogP contribution in [0.25, 0.3) is 0 Å². The van der Waals surface area contributed by atoms with Crippen molar-refractivity contribution >= 4 is 17.5 Å². The van der Waals surface area contributed by atoms with Crippen LogP contribution in [-0.2, 0) is 11.3 Å². The van der Waals surface area contributed by atoms with Gasteiger partial charge in [0.1, 0.15) is 5.69 Å². The van der Waals surface area contributed by atoms with Gasteiger partial charge in [-0.2, -0.15) is 0 Å². The van der Waals surface area contributed by atoms with Gasteiger partial charge in [-0.3, -0.25) is 19.5 Å². The van der Waals surface area contributed by atoms with Crippen LogP contribution in [0, 0.1) is 5.92 Å². The first-order chi connectivity index (χ1) is 15.2. The van der Waals surface area contributed by atoms with Crippen molar-refractivity contribution in [3.8, 4) is 0 Å². The standard InChI is InChI=1S/C24H31N5O2/c30-23(27-20-6-2-1-3-7-20)19-9-13-29(14-10-19)17-18-5-4-8-21(15-18)28-24(31)22-16-25-11-12-26-22/h4-5,8,11-12,15-16,19-20H,1-3,6-7,9-10,13-14,17H2,(H,27,30)(H,28,31). The smallest absolute Gasteiger partial charge is 0.275 e. The van der Waals surface area contributed by atoms with Gasteiger partial charge in [-0.05, 0) is 56.5 Å². The van der Waals surface area contributed by atoms with Crippen LogP contribution < -0.4 is 10.6 Å². The first-order valence-electron chi connectivity index (χ1n) is 11.4. The summed E-state index contributed by atoms with van der Waals surface area (Å²) in [5, 5.41) is 6.17. The molecule has 1 aliphatic carbocycles. The van der Waals surface area contributed by atoms with Gasteiger partial charge in [0, 0.05) is 36.6 Å². The largest absolute Gasteiger partial charge is 0.353 e. The fraction of sp³-hybridized carbons (Fsp3) is 0.500. The van der Waals surface area contributed by atoms with Crippen LogP contribution >= 0.6 is 0 Å². The number of aromatic nitrogens is 2. The number of amides is 2. The van der Waals surface area contributed by atoms with E-state index in [-0.39, 0.29) is 17.7 Å². The molecule has 164 valence electrons. The number of hydrogen-bond acceptors (Lipinski definition) is 5. The normalized spacial score (nSPS) is 18.5. The van der Waals surface area contributed by atoms with Crippen LogP contribution in [0.2, 0.25) is 0 Å². The molecule has 7 heteroatoms. The van der Waals surface area contributed by atoms with Crippen molar-refractivity contribution in [2.75, 3.05) is 18.4 Å². The summed E-state index contributed by atoms with van der Waals surface area (Å²) >= 11 is 0. The van der Waals surface area contributed by atoms with Crippen LogP contribution in [-0.4, -0.2) is 45.8 Å². The highest BCUT2D eigenvalue weighted by atomic mass is 16.2. The lowest BCUT2D eigenvalue weighted by Crippen LogP contribution is -2.44. The van der Waals surface area contributed by atoms with Crippen molar-refractivity contribution in [1.82, 2.24) is 20.2 Å².